The fraction of sp³-hybridized carbons (Fsp3) is 0.333. The van der Waals surface area contributed by atoms with Crippen LogP contribution in [0.5, 0.6) is 11.5 Å². The van der Waals surface area contributed by atoms with Gasteiger partial charge in [-0.05, 0) is 49.8 Å². The average Bonchev–Trinajstić information content (AvgIpc) is 3.44. The number of methoxy groups -OCH3 is 1. The summed E-state index contributed by atoms with van der Waals surface area (Å²) >= 11 is 0. The molecule has 2 aromatic heterocycles. The first kappa shape index (κ1) is 31.1. The summed E-state index contributed by atoms with van der Waals surface area (Å²) in [6, 6.07) is 19.0. The van der Waals surface area contributed by atoms with E-state index in [2.05, 4.69) is 27.8 Å². The van der Waals surface area contributed by atoms with Crippen LogP contribution in [0.4, 0.5) is 4.39 Å². The summed E-state index contributed by atoms with van der Waals surface area (Å²) in [5.74, 6) is 0.330. The second-order valence-electron chi connectivity index (χ2n) is 11.6. The Morgan fingerprint density at radius 2 is 1.74 bits per heavy atom. The monoisotopic (exact) mass is 620 g/mol. The SMILES string of the molecule is CCN1CCN(CCCC(=O)C(Oc2cc3c(cc2OC)ncc2c3c(-c3ccc(C#N)cc3)nn2C)c2ccc(F)cc2)CC1. The molecule has 1 unspecified atom stereocenters. The molecule has 0 radical (unpaired) electrons. The van der Waals surface area contributed by atoms with E-state index in [1.807, 2.05) is 25.2 Å². The molecule has 236 valence electrons. The Balaban J connectivity index is 1.34. The Hall–Kier alpha value is -4.85. The van der Waals surface area contributed by atoms with Crippen molar-refractivity contribution in [1.29, 1.82) is 5.26 Å². The van der Waals surface area contributed by atoms with E-state index >= 15 is 0 Å². The van der Waals surface area contributed by atoms with E-state index in [0.29, 0.717) is 41.0 Å². The second-order valence-corrected chi connectivity index (χ2v) is 11.6. The number of likely N-dealkylation sites (N-methyl/N-ethyl adjacent to an activating group) is 1. The van der Waals surface area contributed by atoms with Crippen molar-refractivity contribution in [1.82, 2.24) is 24.6 Å². The summed E-state index contributed by atoms with van der Waals surface area (Å²) in [5, 5.41) is 15.7. The van der Waals surface area contributed by atoms with Crippen LogP contribution in [-0.2, 0) is 11.8 Å². The van der Waals surface area contributed by atoms with Gasteiger partial charge in [0, 0.05) is 67.6 Å². The number of fused-ring (bicyclic) bond motifs is 3. The smallest absolute Gasteiger partial charge is 0.182 e. The lowest BCUT2D eigenvalue weighted by atomic mass is 10.0. The number of nitrogens with zero attached hydrogens (tertiary/aromatic N) is 6. The van der Waals surface area contributed by atoms with Crippen molar-refractivity contribution in [2.75, 3.05) is 46.4 Å². The molecule has 0 N–H and O–H groups in total. The Morgan fingerprint density at radius 3 is 2.41 bits per heavy atom. The van der Waals surface area contributed by atoms with E-state index in [1.54, 1.807) is 48.3 Å². The lowest BCUT2D eigenvalue weighted by Crippen LogP contribution is -2.46. The molecule has 9 nitrogen and oxygen atoms in total. The molecule has 3 aromatic carbocycles. The van der Waals surface area contributed by atoms with Gasteiger partial charge in [-0.2, -0.15) is 10.4 Å². The summed E-state index contributed by atoms with van der Waals surface area (Å²) in [6.07, 6.45) is 1.84. The number of benzene rings is 3. The van der Waals surface area contributed by atoms with Crippen LogP contribution < -0.4 is 9.47 Å². The van der Waals surface area contributed by atoms with Crippen molar-refractivity contribution in [2.24, 2.45) is 7.05 Å². The number of piperazine rings is 1. The van der Waals surface area contributed by atoms with Gasteiger partial charge < -0.3 is 19.3 Å². The predicted molar refractivity (Wildman–Crippen MR) is 175 cm³/mol. The number of halogens is 1. The van der Waals surface area contributed by atoms with E-state index in [4.69, 9.17) is 14.6 Å². The number of hydrogen-bond acceptors (Lipinski definition) is 8. The fourth-order valence-electron chi connectivity index (χ4n) is 6.12. The zero-order valence-corrected chi connectivity index (χ0v) is 26.4. The molecule has 0 amide bonds. The van der Waals surface area contributed by atoms with E-state index in [9.17, 15) is 14.4 Å². The van der Waals surface area contributed by atoms with E-state index in [1.165, 1.54) is 12.1 Å². The first-order valence-corrected chi connectivity index (χ1v) is 15.6. The number of ether oxygens (including phenoxy) is 2. The van der Waals surface area contributed by atoms with Crippen LogP contribution in [0, 0.1) is 17.1 Å². The Bertz CT molecular complexity index is 1890. The molecule has 1 atom stereocenters. The lowest BCUT2D eigenvalue weighted by Gasteiger charge is -2.34. The number of hydrogen-bond donors (Lipinski definition) is 0. The van der Waals surface area contributed by atoms with Crippen molar-refractivity contribution in [3.63, 3.8) is 0 Å². The van der Waals surface area contributed by atoms with E-state index in [0.717, 1.165) is 66.8 Å². The van der Waals surface area contributed by atoms with Crippen LogP contribution in [0.2, 0.25) is 0 Å². The van der Waals surface area contributed by atoms with Gasteiger partial charge in [-0.15, -0.1) is 0 Å². The molecular weight excluding hydrogens is 583 g/mol. The molecule has 0 bridgehead atoms. The highest BCUT2D eigenvalue weighted by Crippen LogP contribution is 2.40. The highest BCUT2D eigenvalue weighted by atomic mass is 19.1. The summed E-state index contributed by atoms with van der Waals surface area (Å²) in [5.41, 5.74) is 4.20. The maximum atomic E-state index is 13.9. The summed E-state index contributed by atoms with van der Waals surface area (Å²) in [6.45, 7) is 8.14. The molecule has 3 heterocycles. The molecule has 1 aliphatic rings. The third-order valence-corrected chi connectivity index (χ3v) is 8.78. The highest BCUT2D eigenvalue weighted by molar-refractivity contribution is 6.12. The quantitative estimate of drug-likeness (QED) is 0.180. The van der Waals surface area contributed by atoms with Crippen LogP contribution in [0.1, 0.15) is 37.0 Å². The maximum absolute atomic E-state index is 13.9. The topological polar surface area (TPSA) is 96.5 Å². The predicted octanol–water partition coefficient (Wildman–Crippen LogP) is 5.91. The zero-order chi connectivity index (χ0) is 32.2. The Morgan fingerprint density at radius 1 is 1.02 bits per heavy atom. The molecule has 0 aliphatic carbocycles. The minimum Gasteiger partial charge on any atom is -0.493 e. The highest BCUT2D eigenvalue weighted by Gasteiger charge is 2.26. The van der Waals surface area contributed by atoms with Gasteiger partial charge in [0.05, 0.1) is 36.0 Å². The molecule has 0 spiro atoms. The van der Waals surface area contributed by atoms with Crippen LogP contribution in [-0.4, -0.2) is 76.7 Å². The number of nitriles is 1. The largest absolute Gasteiger partial charge is 0.493 e. The molecule has 1 aliphatic heterocycles. The Kier molecular flexibility index (Phi) is 9.24. The third-order valence-electron chi connectivity index (χ3n) is 8.78. The fourth-order valence-corrected chi connectivity index (χ4v) is 6.12. The molecule has 0 saturated carbocycles. The van der Waals surface area contributed by atoms with Crippen LogP contribution >= 0.6 is 0 Å². The summed E-state index contributed by atoms with van der Waals surface area (Å²) in [7, 11) is 3.41. The van der Waals surface area contributed by atoms with E-state index in [-0.39, 0.29) is 11.6 Å². The van der Waals surface area contributed by atoms with Crippen LogP contribution in [0.25, 0.3) is 33.1 Å². The minimum absolute atomic E-state index is 0.0862. The molecule has 6 rings (SSSR count). The molecule has 1 saturated heterocycles. The normalized spacial score (nSPS) is 14.8. The van der Waals surface area contributed by atoms with Gasteiger partial charge in [0.25, 0.3) is 0 Å². The number of carbonyl (C=O) groups excluding carboxylic acids is 1. The number of aryl methyl sites for hydroxylation is 1. The zero-order valence-electron chi connectivity index (χ0n) is 26.4. The van der Waals surface area contributed by atoms with Crippen molar-refractivity contribution in [2.45, 2.75) is 25.9 Å². The van der Waals surface area contributed by atoms with Gasteiger partial charge in [-0.25, -0.2) is 4.39 Å². The van der Waals surface area contributed by atoms with Crippen LogP contribution in [0.3, 0.4) is 0 Å². The molecule has 5 aromatic rings. The molecule has 10 heteroatoms. The number of aromatic nitrogens is 3. The number of Topliss-reactive ketones (excluding diaryl/α,β-unsaturated/α-hetero) is 1. The number of carbonyl (C=O) groups is 1. The molecular formula is C36H37FN6O3. The van der Waals surface area contributed by atoms with Gasteiger partial charge in [0.15, 0.2) is 23.4 Å². The van der Waals surface area contributed by atoms with Crippen molar-refractivity contribution >= 4 is 27.6 Å². The molecule has 46 heavy (non-hydrogen) atoms. The van der Waals surface area contributed by atoms with Gasteiger partial charge >= 0.3 is 0 Å². The maximum Gasteiger partial charge on any atom is 0.182 e. The van der Waals surface area contributed by atoms with Gasteiger partial charge in [0.1, 0.15) is 11.5 Å². The third kappa shape index (κ3) is 6.43. The summed E-state index contributed by atoms with van der Waals surface area (Å²) < 4.78 is 27.9. The average molecular weight is 621 g/mol. The summed E-state index contributed by atoms with van der Waals surface area (Å²) in [4.78, 5) is 23.3. The van der Waals surface area contributed by atoms with Gasteiger partial charge in [-0.3, -0.25) is 14.5 Å². The van der Waals surface area contributed by atoms with Crippen molar-refractivity contribution in [3.05, 3.63) is 83.8 Å². The van der Waals surface area contributed by atoms with Crippen molar-refractivity contribution < 1.29 is 18.7 Å². The van der Waals surface area contributed by atoms with Gasteiger partial charge in [0.2, 0.25) is 0 Å². The minimum atomic E-state index is -0.956. The first-order valence-electron chi connectivity index (χ1n) is 15.6. The number of rotatable bonds is 11. The van der Waals surface area contributed by atoms with E-state index < -0.39 is 6.10 Å². The van der Waals surface area contributed by atoms with Gasteiger partial charge in [-0.1, -0.05) is 31.2 Å². The van der Waals surface area contributed by atoms with Crippen LogP contribution in [0.15, 0.2) is 66.9 Å². The standard InChI is InChI=1S/C36H37FN6O3/c1-4-42-16-18-43(19-17-42)15-5-6-31(44)36(26-11-13-27(37)14-12-26)46-33-20-28-29(21-32(33)45-3)39-23-30-34(28)35(40-41(30)2)25-9-7-24(22-38)8-10-25/h7-14,20-21,23,36H,4-6,15-19H2,1-3H3. The number of pyridine rings is 1. The second kappa shape index (κ2) is 13.6. The molecule has 1 fully saturated rings. The lowest BCUT2D eigenvalue weighted by molar-refractivity contribution is -0.126. The van der Waals surface area contributed by atoms with Crippen molar-refractivity contribution in [3.8, 4) is 28.8 Å². The Labute approximate surface area is 267 Å². The number of ketones is 1. The first-order chi connectivity index (χ1) is 22.4.